The highest BCUT2D eigenvalue weighted by Crippen LogP contribution is 2.24. The van der Waals surface area contributed by atoms with Crippen molar-refractivity contribution in [1.29, 1.82) is 0 Å². The second-order valence-corrected chi connectivity index (χ2v) is 7.67. The fourth-order valence-electron chi connectivity index (χ4n) is 3.82. The molecule has 3 amide bonds. The summed E-state index contributed by atoms with van der Waals surface area (Å²) in [6.07, 6.45) is 3.59. The highest BCUT2D eigenvalue weighted by Gasteiger charge is 2.20. The van der Waals surface area contributed by atoms with Crippen LogP contribution in [0.25, 0.3) is 0 Å². The minimum atomic E-state index is -0.750. The normalized spacial score (nSPS) is 14.7. The molecule has 1 heterocycles. The largest absolute Gasteiger partial charge is 0.396 e. The van der Waals surface area contributed by atoms with Crippen LogP contribution < -0.4 is 15.5 Å². The van der Waals surface area contributed by atoms with E-state index in [1.807, 2.05) is 36.4 Å². The summed E-state index contributed by atoms with van der Waals surface area (Å²) in [6, 6.07) is 16.8. The van der Waals surface area contributed by atoms with Crippen LogP contribution >= 0.6 is 0 Å². The molecule has 2 aromatic carbocycles. The number of anilines is 2. The quantitative estimate of drug-likeness (QED) is 0.569. The molecule has 1 atom stereocenters. The number of aliphatic hydroxyl groups is 1. The summed E-state index contributed by atoms with van der Waals surface area (Å²) >= 11 is 0. The first-order valence-electron chi connectivity index (χ1n) is 10.7. The monoisotopic (exact) mass is 423 g/mol. The zero-order valence-electron chi connectivity index (χ0n) is 17.5. The molecule has 1 aliphatic rings. The van der Waals surface area contributed by atoms with E-state index in [1.54, 1.807) is 23.1 Å². The molecular weight excluding hydrogens is 394 g/mol. The summed E-state index contributed by atoms with van der Waals surface area (Å²) in [7, 11) is 0. The first-order valence-corrected chi connectivity index (χ1v) is 10.7. The van der Waals surface area contributed by atoms with Gasteiger partial charge in [-0.3, -0.25) is 14.4 Å². The van der Waals surface area contributed by atoms with Crippen molar-refractivity contribution >= 4 is 29.1 Å². The van der Waals surface area contributed by atoms with Crippen LogP contribution in [0.2, 0.25) is 0 Å². The van der Waals surface area contributed by atoms with Gasteiger partial charge in [0.05, 0.1) is 0 Å². The van der Waals surface area contributed by atoms with Gasteiger partial charge in [-0.1, -0.05) is 36.4 Å². The number of benzene rings is 2. The highest BCUT2D eigenvalue weighted by atomic mass is 16.3. The third kappa shape index (κ3) is 6.39. The van der Waals surface area contributed by atoms with Gasteiger partial charge in [0.1, 0.15) is 0 Å². The van der Waals surface area contributed by atoms with Gasteiger partial charge in [-0.05, 0) is 55.4 Å². The Morgan fingerprint density at radius 2 is 1.81 bits per heavy atom. The zero-order valence-corrected chi connectivity index (χ0v) is 17.5. The molecule has 7 heteroatoms. The van der Waals surface area contributed by atoms with Crippen molar-refractivity contribution in [3.05, 3.63) is 60.2 Å². The predicted molar refractivity (Wildman–Crippen MR) is 120 cm³/mol. The lowest BCUT2D eigenvalue weighted by Crippen LogP contribution is -2.37. The molecule has 0 aromatic heterocycles. The summed E-state index contributed by atoms with van der Waals surface area (Å²) in [6.45, 7) is 1.05. The van der Waals surface area contributed by atoms with E-state index in [4.69, 9.17) is 0 Å². The van der Waals surface area contributed by atoms with E-state index >= 15 is 0 Å². The lowest BCUT2D eigenvalue weighted by atomic mass is 9.93. The Balaban J connectivity index is 1.52. The van der Waals surface area contributed by atoms with Crippen LogP contribution in [0.15, 0.2) is 54.6 Å². The Morgan fingerprint density at radius 1 is 1.00 bits per heavy atom. The molecule has 0 saturated carbocycles. The maximum Gasteiger partial charge on any atom is 0.313 e. The maximum absolute atomic E-state index is 12.3. The number of nitrogens with one attached hydrogen (secondary N) is 2. The smallest absolute Gasteiger partial charge is 0.313 e. The Hall–Kier alpha value is -3.19. The van der Waals surface area contributed by atoms with Gasteiger partial charge in [0.15, 0.2) is 0 Å². The first kappa shape index (κ1) is 22.5. The number of carbonyl (C=O) groups excluding carboxylic acids is 3. The molecule has 2 aromatic rings. The van der Waals surface area contributed by atoms with Crippen LogP contribution in [0, 0.1) is 0 Å². The number of amides is 3. The van der Waals surface area contributed by atoms with Crippen LogP contribution in [-0.2, 0) is 14.4 Å². The molecule has 31 heavy (non-hydrogen) atoms. The molecule has 0 bridgehead atoms. The number of piperidine rings is 1. The number of aliphatic hydroxyl groups excluding tert-OH is 1. The summed E-state index contributed by atoms with van der Waals surface area (Å²) < 4.78 is 0. The number of hydrogen-bond donors (Lipinski definition) is 3. The summed E-state index contributed by atoms with van der Waals surface area (Å²) in [5, 5.41) is 14.6. The van der Waals surface area contributed by atoms with Crippen LogP contribution in [0.5, 0.6) is 0 Å². The molecule has 1 saturated heterocycles. The Bertz CT molecular complexity index is 901. The number of nitrogens with zero attached hydrogens (tertiary/aromatic N) is 1. The molecule has 0 radical (unpaired) electrons. The fourth-order valence-corrected chi connectivity index (χ4v) is 3.82. The molecule has 0 aliphatic carbocycles. The second-order valence-electron chi connectivity index (χ2n) is 7.67. The first-order chi connectivity index (χ1) is 15.1. The van der Waals surface area contributed by atoms with Crippen molar-refractivity contribution in [3.63, 3.8) is 0 Å². The van der Waals surface area contributed by atoms with Gasteiger partial charge < -0.3 is 20.6 Å². The average Bonchev–Trinajstić information content (AvgIpc) is 2.79. The lowest BCUT2D eigenvalue weighted by molar-refractivity contribution is -0.136. The topological polar surface area (TPSA) is 98.7 Å². The van der Waals surface area contributed by atoms with Crippen molar-refractivity contribution in [2.24, 2.45) is 0 Å². The van der Waals surface area contributed by atoms with Crippen molar-refractivity contribution in [2.45, 2.75) is 38.0 Å². The van der Waals surface area contributed by atoms with E-state index in [0.717, 1.165) is 24.1 Å². The minimum Gasteiger partial charge on any atom is -0.396 e. The number of hydrogen-bond acceptors (Lipinski definition) is 4. The standard InChI is InChI=1S/C24H29N3O4/c28-16-13-19(18-7-2-1-3-8-18)12-14-25-23(30)24(31)26-20-9-6-10-21(17-20)27-15-5-4-11-22(27)29/h1-3,6-10,17,19,28H,4-5,11-16H2,(H,25,30)(H,26,31). The third-order valence-electron chi connectivity index (χ3n) is 5.47. The van der Waals surface area contributed by atoms with Gasteiger partial charge >= 0.3 is 11.8 Å². The number of carbonyl (C=O) groups is 3. The predicted octanol–water partition coefficient (Wildman–Crippen LogP) is 2.81. The van der Waals surface area contributed by atoms with Crippen LogP contribution in [0.4, 0.5) is 11.4 Å². The van der Waals surface area contributed by atoms with Crippen molar-refractivity contribution in [1.82, 2.24) is 5.32 Å². The molecule has 0 spiro atoms. The molecule has 1 fully saturated rings. The van der Waals surface area contributed by atoms with Gasteiger partial charge in [-0.2, -0.15) is 0 Å². The van der Waals surface area contributed by atoms with E-state index in [0.29, 0.717) is 38.0 Å². The minimum absolute atomic E-state index is 0.0594. The van der Waals surface area contributed by atoms with Crippen molar-refractivity contribution in [2.75, 3.05) is 29.9 Å². The van der Waals surface area contributed by atoms with Crippen LogP contribution in [0.3, 0.4) is 0 Å². The third-order valence-corrected chi connectivity index (χ3v) is 5.47. The Morgan fingerprint density at radius 3 is 2.55 bits per heavy atom. The molecular formula is C24H29N3O4. The SMILES string of the molecule is O=C(NCCC(CCO)c1ccccc1)C(=O)Nc1cccc(N2CCCCC2=O)c1. The van der Waals surface area contributed by atoms with E-state index in [-0.39, 0.29) is 18.4 Å². The Labute approximate surface area is 182 Å². The molecule has 3 N–H and O–H groups in total. The van der Waals surface area contributed by atoms with E-state index in [1.165, 1.54) is 0 Å². The van der Waals surface area contributed by atoms with Gasteiger partial charge in [-0.25, -0.2) is 0 Å². The van der Waals surface area contributed by atoms with Crippen molar-refractivity contribution < 1.29 is 19.5 Å². The van der Waals surface area contributed by atoms with Gasteiger partial charge in [0, 0.05) is 37.5 Å². The second kappa shape index (κ2) is 11.3. The fraction of sp³-hybridized carbons (Fsp3) is 0.375. The van der Waals surface area contributed by atoms with Gasteiger partial charge in [0.25, 0.3) is 0 Å². The summed E-state index contributed by atoms with van der Waals surface area (Å²) in [4.78, 5) is 38.3. The number of rotatable bonds is 8. The van der Waals surface area contributed by atoms with Crippen LogP contribution in [-0.4, -0.2) is 42.5 Å². The van der Waals surface area contributed by atoms with E-state index in [2.05, 4.69) is 10.6 Å². The summed E-state index contributed by atoms with van der Waals surface area (Å²) in [5.41, 5.74) is 2.29. The van der Waals surface area contributed by atoms with Crippen molar-refractivity contribution in [3.8, 4) is 0 Å². The van der Waals surface area contributed by atoms with Gasteiger partial charge in [0.2, 0.25) is 5.91 Å². The molecule has 1 aliphatic heterocycles. The van der Waals surface area contributed by atoms with Crippen LogP contribution in [0.1, 0.15) is 43.6 Å². The van der Waals surface area contributed by atoms with E-state index in [9.17, 15) is 19.5 Å². The summed E-state index contributed by atoms with van der Waals surface area (Å²) in [5.74, 6) is -1.28. The Kier molecular flexibility index (Phi) is 8.18. The lowest BCUT2D eigenvalue weighted by Gasteiger charge is -2.27. The molecule has 3 rings (SSSR count). The molecule has 164 valence electrons. The molecule has 7 nitrogen and oxygen atoms in total. The van der Waals surface area contributed by atoms with Gasteiger partial charge in [-0.15, -0.1) is 0 Å². The molecule has 1 unspecified atom stereocenters. The maximum atomic E-state index is 12.3. The average molecular weight is 424 g/mol. The highest BCUT2D eigenvalue weighted by molar-refractivity contribution is 6.39. The van der Waals surface area contributed by atoms with E-state index < -0.39 is 11.8 Å². The zero-order chi connectivity index (χ0) is 22.1.